The standard InChI is InChI=1S/C13H20N4O/c1-3-11-8-10(9-12(14)15-11)13(18)17-6-4-16(2)5-7-17/h8-9H,3-7H2,1-2H3,(H2,14,15). The molecule has 0 radical (unpaired) electrons. The summed E-state index contributed by atoms with van der Waals surface area (Å²) >= 11 is 0. The molecule has 1 aliphatic heterocycles. The zero-order valence-electron chi connectivity index (χ0n) is 11.0. The summed E-state index contributed by atoms with van der Waals surface area (Å²) in [6, 6.07) is 3.51. The molecule has 5 heteroatoms. The van der Waals surface area contributed by atoms with Crippen molar-refractivity contribution in [2.45, 2.75) is 13.3 Å². The summed E-state index contributed by atoms with van der Waals surface area (Å²) in [6.07, 6.45) is 0.786. The van der Waals surface area contributed by atoms with Crippen molar-refractivity contribution in [3.8, 4) is 0 Å². The molecule has 98 valence electrons. The average Bonchev–Trinajstić information content (AvgIpc) is 2.38. The fraction of sp³-hybridized carbons (Fsp3) is 0.538. The van der Waals surface area contributed by atoms with Crippen molar-refractivity contribution in [2.24, 2.45) is 0 Å². The molecular weight excluding hydrogens is 228 g/mol. The van der Waals surface area contributed by atoms with E-state index < -0.39 is 0 Å². The van der Waals surface area contributed by atoms with Crippen molar-refractivity contribution in [1.29, 1.82) is 0 Å². The lowest BCUT2D eigenvalue weighted by Gasteiger charge is -2.32. The van der Waals surface area contributed by atoms with Crippen LogP contribution in [0.4, 0.5) is 5.82 Å². The highest BCUT2D eigenvalue weighted by Crippen LogP contribution is 2.12. The summed E-state index contributed by atoms with van der Waals surface area (Å²) < 4.78 is 0. The maximum absolute atomic E-state index is 12.4. The van der Waals surface area contributed by atoms with Crippen LogP contribution in [-0.2, 0) is 6.42 Å². The van der Waals surface area contributed by atoms with Crippen molar-refractivity contribution < 1.29 is 4.79 Å². The van der Waals surface area contributed by atoms with Gasteiger partial charge >= 0.3 is 0 Å². The Kier molecular flexibility index (Phi) is 3.81. The number of carbonyl (C=O) groups excluding carboxylic acids is 1. The van der Waals surface area contributed by atoms with Gasteiger partial charge in [-0.05, 0) is 25.6 Å². The van der Waals surface area contributed by atoms with E-state index in [4.69, 9.17) is 5.73 Å². The number of nitrogens with two attached hydrogens (primary N) is 1. The molecule has 1 aliphatic rings. The molecule has 0 atom stereocenters. The molecule has 0 bridgehead atoms. The average molecular weight is 248 g/mol. The van der Waals surface area contributed by atoms with Gasteiger partial charge in [0, 0.05) is 37.4 Å². The quantitative estimate of drug-likeness (QED) is 0.833. The van der Waals surface area contributed by atoms with Gasteiger partial charge in [0.2, 0.25) is 0 Å². The van der Waals surface area contributed by atoms with Gasteiger partial charge in [-0.1, -0.05) is 6.92 Å². The third-order valence-electron chi connectivity index (χ3n) is 3.30. The number of amides is 1. The Bertz CT molecular complexity index is 439. The summed E-state index contributed by atoms with van der Waals surface area (Å²) in [7, 11) is 2.07. The minimum absolute atomic E-state index is 0.0619. The number of aryl methyl sites for hydroxylation is 1. The Morgan fingerprint density at radius 3 is 2.61 bits per heavy atom. The lowest BCUT2D eigenvalue weighted by molar-refractivity contribution is 0.0664. The van der Waals surface area contributed by atoms with Crippen LogP contribution in [0.2, 0.25) is 0 Å². The molecule has 0 saturated carbocycles. The van der Waals surface area contributed by atoms with Crippen molar-refractivity contribution in [3.05, 3.63) is 23.4 Å². The van der Waals surface area contributed by atoms with Gasteiger partial charge in [-0.3, -0.25) is 4.79 Å². The summed E-state index contributed by atoms with van der Waals surface area (Å²) in [5.41, 5.74) is 7.26. The number of pyridine rings is 1. The molecule has 1 aromatic rings. The van der Waals surface area contributed by atoms with Crippen molar-refractivity contribution in [3.63, 3.8) is 0 Å². The fourth-order valence-corrected chi connectivity index (χ4v) is 2.11. The molecule has 0 spiro atoms. The van der Waals surface area contributed by atoms with Gasteiger partial charge in [-0.2, -0.15) is 0 Å². The van der Waals surface area contributed by atoms with Gasteiger partial charge in [0.15, 0.2) is 0 Å². The van der Waals surface area contributed by atoms with E-state index >= 15 is 0 Å². The highest BCUT2D eigenvalue weighted by molar-refractivity contribution is 5.95. The van der Waals surface area contributed by atoms with Crippen LogP contribution in [0.3, 0.4) is 0 Å². The number of likely N-dealkylation sites (N-methyl/N-ethyl adjacent to an activating group) is 1. The van der Waals surface area contributed by atoms with Crippen LogP contribution in [0.25, 0.3) is 0 Å². The van der Waals surface area contributed by atoms with Crippen LogP contribution in [-0.4, -0.2) is 53.9 Å². The van der Waals surface area contributed by atoms with Crippen LogP contribution in [0.1, 0.15) is 23.0 Å². The van der Waals surface area contributed by atoms with Crippen molar-refractivity contribution >= 4 is 11.7 Å². The number of hydrogen-bond acceptors (Lipinski definition) is 4. The lowest BCUT2D eigenvalue weighted by Crippen LogP contribution is -2.47. The van der Waals surface area contributed by atoms with E-state index in [0.29, 0.717) is 11.4 Å². The fourth-order valence-electron chi connectivity index (χ4n) is 2.11. The van der Waals surface area contributed by atoms with Gasteiger partial charge in [-0.25, -0.2) is 4.98 Å². The van der Waals surface area contributed by atoms with Crippen LogP contribution >= 0.6 is 0 Å². The van der Waals surface area contributed by atoms with Crippen molar-refractivity contribution in [1.82, 2.24) is 14.8 Å². The Morgan fingerprint density at radius 1 is 1.33 bits per heavy atom. The predicted octanol–water partition coefficient (Wildman–Crippen LogP) is 0.614. The molecule has 1 aromatic heterocycles. The number of carbonyl (C=O) groups is 1. The second-order valence-electron chi connectivity index (χ2n) is 4.72. The van der Waals surface area contributed by atoms with Gasteiger partial charge < -0.3 is 15.5 Å². The van der Waals surface area contributed by atoms with E-state index in [-0.39, 0.29) is 5.91 Å². The van der Waals surface area contributed by atoms with Crippen LogP contribution in [0.15, 0.2) is 12.1 Å². The Morgan fingerprint density at radius 2 is 2.00 bits per heavy atom. The maximum Gasteiger partial charge on any atom is 0.254 e. The molecule has 5 nitrogen and oxygen atoms in total. The van der Waals surface area contributed by atoms with Gasteiger partial charge in [0.1, 0.15) is 5.82 Å². The molecule has 18 heavy (non-hydrogen) atoms. The molecule has 2 heterocycles. The molecule has 0 aromatic carbocycles. The van der Waals surface area contributed by atoms with Gasteiger partial charge in [-0.15, -0.1) is 0 Å². The smallest absolute Gasteiger partial charge is 0.254 e. The van der Waals surface area contributed by atoms with Crippen LogP contribution in [0, 0.1) is 0 Å². The number of nitrogen functional groups attached to an aromatic ring is 1. The summed E-state index contributed by atoms with van der Waals surface area (Å²) in [4.78, 5) is 20.6. The normalized spacial score (nSPS) is 16.9. The number of hydrogen-bond donors (Lipinski definition) is 1. The van der Waals surface area contributed by atoms with Gasteiger partial charge in [0.05, 0.1) is 0 Å². The van der Waals surface area contributed by atoms with E-state index in [0.717, 1.165) is 38.3 Å². The van der Waals surface area contributed by atoms with E-state index in [1.54, 1.807) is 6.07 Å². The third-order valence-corrected chi connectivity index (χ3v) is 3.30. The number of piperazine rings is 1. The number of nitrogens with zero attached hydrogens (tertiary/aromatic N) is 3. The van der Waals surface area contributed by atoms with Gasteiger partial charge in [0.25, 0.3) is 5.91 Å². The first-order valence-corrected chi connectivity index (χ1v) is 6.34. The van der Waals surface area contributed by atoms with E-state index in [2.05, 4.69) is 16.9 Å². The largest absolute Gasteiger partial charge is 0.384 e. The highest BCUT2D eigenvalue weighted by Gasteiger charge is 2.20. The van der Waals surface area contributed by atoms with E-state index in [1.165, 1.54) is 0 Å². The monoisotopic (exact) mass is 248 g/mol. The van der Waals surface area contributed by atoms with Crippen molar-refractivity contribution in [2.75, 3.05) is 39.0 Å². The minimum Gasteiger partial charge on any atom is -0.384 e. The summed E-state index contributed by atoms with van der Waals surface area (Å²) in [5, 5.41) is 0. The molecular formula is C13H20N4O. The second-order valence-corrected chi connectivity index (χ2v) is 4.72. The lowest BCUT2D eigenvalue weighted by atomic mass is 10.1. The number of rotatable bonds is 2. The topological polar surface area (TPSA) is 62.5 Å². The minimum atomic E-state index is 0.0619. The molecule has 1 fully saturated rings. The molecule has 0 unspecified atom stereocenters. The molecule has 2 N–H and O–H groups in total. The highest BCUT2D eigenvalue weighted by atomic mass is 16.2. The third kappa shape index (κ3) is 2.79. The Balaban J connectivity index is 2.15. The molecule has 0 aliphatic carbocycles. The first-order valence-electron chi connectivity index (χ1n) is 6.34. The Labute approximate surface area is 108 Å². The number of anilines is 1. The molecule has 2 rings (SSSR count). The SMILES string of the molecule is CCc1cc(C(=O)N2CCN(C)CC2)cc(N)n1. The summed E-state index contributed by atoms with van der Waals surface area (Å²) in [6.45, 7) is 5.41. The first kappa shape index (κ1) is 12.8. The van der Waals surface area contributed by atoms with E-state index in [1.807, 2.05) is 17.9 Å². The number of aromatic nitrogens is 1. The zero-order valence-corrected chi connectivity index (χ0v) is 11.0. The second kappa shape index (κ2) is 5.35. The predicted molar refractivity (Wildman–Crippen MR) is 71.4 cm³/mol. The van der Waals surface area contributed by atoms with E-state index in [9.17, 15) is 4.79 Å². The maximum atomic E-state index is 12.4. The molecule has 1 amide bonds. The summed E-state index contributed by atoms with van der Waals surface area (Å²) in [5.74, 6) is 0.485. The van der Waals surface area contributed by atoms with Crippen LogP contribution < -0.4 is 5.73 Å². The first-order chi connectivity index (χ1) is 8.60. The Hall–Kier alpha value is -1.62. The molecule has 1 saturated heterocycles. The zero-order chi connectivity index (χ0) is 13.1. The van der Waals surface area contributed by atoms with Crippen LogP contribution in [0.5, 0.6) is 0 Å².